The fourth-order valence-electron chi connectivity index (χ4n) is 2.77. The largest absolute Gasteiger partial charge is 0.369 e. The van der Waals surface area contributed by atoms with Crippen LogP contribution in [0.25, 0.3) is 11.0 Å². The van der Waals surface area contributed by atoms with Crippen molar-refractivity contribution < 1.29 is 4.79 Å². The number of carbonyl (C=O) groups is 1. The number of pyridine rings is 1. The summed E-state index contributed by atoms with van der Waals surface area (Å²) < 4.78 is 2.18. The third-order valence-electron chi connectivity index (χ3n) is 4.39. The van der Waals surface area contributed by atoms with Crippen molar-refractivity contribution in [1.82, 2.24) is 24.5 Å². The van der Waals surface area contributed by atoms with Gasteiger partial charge in [0.05, 0.1) is 17.1 Å². The predicted octanol–water partition coefficient (Wildman–Crippen LogP) is 3.46. The number of amides is 1. The van der Waals surface area contributed by atoms with Crippen LogP contribution in [-0.4, -0.2) is 36.2 Å². The van der Waals surface area contributed by atoms with E-state index in [1.54, 1.807) is 18.5 Å². The van der Waals surface area contributed by atoms with Crippen LogP contribution in [0, 0.1) is 12.3 Å². The number of aromatic nitrogens is 5. The van der Waals surface area contributed by atoms with Crippen LogP contribution in [0.3, 0.4) is 0 Å². The molecule has 28 heavy (non-hydrogen) atoms. The number of anilines is 2. The molecule has 3 rings (SSSR count). The number of aryl methyl sites for hydroxylation is 1. The Balaban J connectivity index is 1.80. The number of primary amides is 1. The lowest BCUT2D eigenvalue weighted by molar-refractivity contribution is -0.124. The SMILES string of the molecule is Cc1nc2cnc(Nc3ccnc(SCC(C)(C)C(N)=O)n3)cc2n1C(C)C. The maximum absolute atomic E-state index is 11.5. The lowest BCUT2D eigenvalue weighted by Gasteiger charge is -2.18. The molecule has 0 spiro atoms. The maximum Gasteiger partial charge on any atom is 0.223 e. The second-order valence-electron chi connectivity index (χ2n) is 7.57. The van der Waals surface area contributed by atoms with Gasteiger partial charge in [-0.2, -0.15) is 0 Å². The van der Waals surface area contributed by atoms with Gasteiger partial charge < -0.3 is 15.6 Å². The Morgan fingerprint density at radius 1 is 1.29 bits per heavy atom. The standard InChI is InChI=1S/C19H25N7OS/c1-11(2)26-12(3)23-13-9-22-16(8-14(13)26)24-15-6-7-21-18(25-15)28-10-19(4,5)17(20)27/h6-9,11H,10H2,1-5H3,(H2,20,27)(H,21,22,24,25). The molecule has 0 saturated carbocycles. The van der Waals surface area contributed by atoms with E-state index in [2.05, 4.69) is 43.7 Å². The number of carbonyl (C=O) groups excluding carboxylic acids is 1. The van der Waals surface area contributed by atoms with Crippen molar-refractivity contribution in [2.45, 2.75) is 45.8 Å². The summed E-state index contributed by atoms with van der Waals surface area (Å²) in [5, 5.41) is 3.80. The van der Waals surface area contributed by atoms with E-state index in [1.165, 1.54) is 11.8 Å². The summed E-state index contributed by atoms with van der Waals surface area (Å²) in [6.45, 7) is 9.87. The normalized spacial score (nSPS) is 11.9. The Labute approximate surface area is 168 Å². The van der Waals surface area contributed by atoms with Gasteiger partial charge in [-0.05, 0) is 26.8 Å². The Kier molecular flexibility index (Phi) is 5.55. The summed E-state index contributed by atoms with van der Waals surface area (Å²) in [6.07, 6.45) is 3.44. The lowest BCUT2D eigenvalue weighted by atomic mass is 9.96. The molecule has 0 atom stereocenters. The molecule has 0 fully saturated rings. The van der Waals surface area contributed by atoms with E-state index in [0.29, 0.717) is 28.6 Å². The summed E-state index contributed by atoms with van der Waals surface area (Å²) in [6, 6.07) is 4.05. The number of hydrogen-bond donors (Lipinski definition) is 2. The first-order chi connectivity index (χ1) is 13.2. The van der Waals surface area contributed by atoms with Crippen molar-refractivity contribution in [3.8, 4) is 0 Å². The molecule has 0 unspecified atom stereocenters. The van der Waals surface area contributed by atoms with E-state index in [1.807, 2.05) is 26.8 Å². The summed E-state index contributed by atoms with van der Waals surface area (Å²) in [7, 11) is 0. The van der Waals surface area contributed by atoms with Crippen LogP contribution in [0.2, 0.25) is 0 Å². The molecule has 3 N–H and O–H groups in total. The molecule has 0 aliphatic carbocycles. The molecule has 0 aliphatic heterocycles. The van der Waals surface area contributed by atoms with E-state index in [9.17, 15) is 4.79 Å². The number of nitrogens with two attached hydrogens (primary N) is 1. The molecule has 9 heteroatoms. The molecule has 148 valence electrons. The van der Waals surface area contributed by atoms with Crippen molar-refractivity contribution in [3.05, 3.63) is 30.4 Å². The average molecular weight is 400 g/mol. The first-order valence-corrected chi connectivity index (χ1v) is 10.0. The van der Waals surface area contributed by atoms with Gasteiger partial charge in [-0.1, -0.05) is 25.6 Å². The van der Waals surface area contributed by atoms with Crippen LogP contribution in [0.4, 0.5) is 11.6 Å². The highest BCUT2D eigenvalue weighted by Crippen LogP contribution is 2.27. The molecule has 0 aromatic carbocycles. The van der Waals surface area contributed by atoms with Gasteiger partial charge in [0.15, 0.2) is 5.16 Å². The quantitative estimate of drug-likeness (QED) is 0.462. The van der Waals surface area contributed by atoms with Gasteiger partial charge in [0.1, 0.15) is 23.0 Å². The Morgan fingerprint density at radius 2 is 2.04 bits per heavy atom. The number of rotatable bonds is 7. The molecule has 3 heterocycles. The van der Waals surface area contributed by atoms with Crippen LogP contribution >= 0.6 is 11.8 Å². The van der Waals surface area contributed by atoms with Crippen LogP contribution in [0.5, 0.6) is 0 Å². The van der Waals surface area contributed by atoms with E-state index in [-0.39, 0.29) is 5.91 Å². The maximum atomic E-state index is 11.5. The Bertz CT molecular complexity index is 1010. The first-order valence-electron chi connectivity index (χ1n) is 9.05. The fraction of sp³-hybridized carbons (Fsp3) is 0.421. The van der Waals surface area contributed by atoms with Crippen molar-refractivity contribution in [3.63, 3.8) is 0 Å². The van der Waals surface area contributed by atoms with E-state index in [4.69, 9.17) is 5.73 Å². The van der Waals surface area contributed by atoms with Gasteiger partial charge in [0.2, 0.25) is 5.91 Å². The first kappa shape index (κ1) is 20.1. The summed E-state index contributed by atoms with van der Waals surface area (Å²) in [4.78, 5) is 29.2. The monoisotopic (exact) mass is 399 g/mol. The van der Waals surface area contributed by atoms with Gasteiger partial charge in [-0.3, -0.25) is 4.79 Å². The zero-order valence-electron chi connectivity index (χ0n) is 16.7. The number of thioether (sulfide) groups is 1. The van der Waals surface area contributed by atoms with Crippen LogP contribution in [0.1, 0.15) is 39.6 Å². The summed E-state index contributed by atoms with van der Waals surface area (Å²) in [5.74, 6) is 2.43. The molecule has 0 aliphatic rings. The average Bonchev–Trinajstić information content (AvgIpc) is 2.95. The Hall–Kier alpha value is -2.68. The minimum Gasteiger partial charge on any atom is -0.369 e. The number of nitrogens with one attached hydrogen (secondary N) is 1. The molecule has 1 amide bonds. The third kappa shape index (κ3) is 4.24. The summed E-state index contributed by atoms with van der Waals surface area (Å²) in [5.41, 5.74) is 6.69. The van der Waals surface area contributed by atoms with Gasteiger partial charge in [-0.15, -0.1) is 0 Å². The highest BCUT2D eigenvalue weighted by molar-refractivity contribution is 7.99. The smallest absolute Gasteiger partial charge is 0.223 e. The van der Waals surface area contributed by atoms with E-state index in [0.717, 1.165) is 16.9 Å². The van der Waals surface area contributed by atoms with E-state index < -0.39 is 5.41 Å². The van der Waals surface area contributed by atoms with Crippen molar-refractivity contribution in [2.24, 2.45) is 11.1 Å². The third-order valence-corrected chi connectivity index (χ3v) is 5.71. The summed E-state index contributed by atoms with van der Waals surface area (Å²) >= 11 is 1.40. The number of imidazole rings is 1. The zero-order valence-corrected chi connectivity index (χ0v) is 17.5. The van der Waals surface area contributed by atoms with Crippen molar-refractivity contribution in [2.75, 3.05) is 11.1 Å². The molecular formula is C19H25N7OS. The van der Waals surface area contributed by atoms with Crippen LogP contribution < -0.4 is 11.1 Å². The highest BCUT2D eigenvalue weighted by Gasteiger charge is 2.25. The fourth-order valence-corrected chi connectivity index (χ4v) is 3.70. The zero-order chi connectivity index (χ0) is 20.5. The van der Waals surface area contributed by atoms with Gasteiger partial charge in [-0.25, -0.2) is 19.9 Å². The molecule has 0 bridgehead atoms. The lowest BCUT2D eigenvalue weighted by Crippen LogP contribution is -2.33. The molecule has 8 nitrogen and oxygen atoms in total. The van der Waals surface area contributed by atoms with Crippen LogP contribution in [-0.2, 0) is 4.79 Å². The highest BCUT2D eigenvalue weighted by atomic mass is 32.2. The van der Waals surface area contributed by atoms with Gasteiger partial charge >= 0.3 is 0 Å². The topological polar surface area (TPSA) is 112 Å². The molecule has 0 saturated heterocycles. The minimum atomic E-state index is -0.628. The molecule has 0 radical (unpaired) electrons. The van der Waals surface area contributed by atoms with E-state index >= 15 is 0 Å². The predicted molar refractivity (Wildman–Crippen MR) is 112 cm³/mol. The molecular weight excluding hydrogens is 374 g/mol. The number of fused-ring (bicyclic) bond motifs is 1. The van der Waals surface area contributed by atoms with Crippen molar-refractivity contribution >= 4 is 40.3 Å². The molecule has 3 aromatic heterocycles. The number of nitrogens with zero attached hydrogens (tertiary/aromatic N) is 5. The molecule has 3 aromatic rings. The number of hydrogen-bond acceptors (Lipinski definition) is 7. The second kappa shape index (κ2) is 7.75. The van der Waals surface area contributed by atoms with Gasteiger partial charge in [0.25, 0.3) is 0 Å². The van der Waals surface area contributed by atoms with Gasteiger partial charge in [0, 0.05) is 24.1 Å². The van der Waals surface area contributed by atoms with Crippen molar-refractivity contribution in [1.29, 1.82) is 0 Å². The van der Waals surface area contributed by atoms with Crippen LogP contribution in [0.15, 0.2) is 29.7 Å². The minimum absolute atomic E-state index is 0.302. The Morgan fingerprint density at radius 3 is 2.71 bits per heavy atom. The second-order valence-corrected chi connectivity index (χ2v) is 8.51.